The van der Waals surface area contributed by atoms with Crippen LogP contribution in [0.15, 0.2) is 48.5 Å². The van der Waals surface area contributed by atoms with Crippen molar-refractivity contribution in [1.29, 1.82) is 0 Å². The first-order valence-corrected chi connectivity index (χ1v) is 9.37. The van der Waals surface area contributed by atoms with Crippen LogP contribution in [0.3, 0.4) is 0 Å². The summed E-state index contributed by atoms with van der Waals surface area (Å²) in [4.78, 5) is 29.0. The Bertz CT molecular complexity index is 904. The lowest BCUT2D eigenvalue weighted by molar-refractivity contribution is -0.135. The van der Waals surface area contributed by atoms with Gasteiger partial charge in [-0.15, -0.1) is 0 Å². The van der Waals surface area contributed by atoms with Gasteiger partial charge in [-0.3, -0.25) is 14.5 Å². The molecule has 2 aromatic rings. The second-order valence-electron chi connectivity index (χ2n) is 7.01. The predicted octanol–water partition coefficient (Wildman–Crippen LogP) is 2.11. The SMILES string of the molecule is CC1Oc2ccccc2N(CC(=O)N2CCNCC2c2cccc(F)c2)C1=O. The van der Waals surface area contributed by atoms with Gasteiger partial charge < -0.3 is 15.0 Å². The molecule has 0 saturated carbocycles. The molecule has 0 aromatic heterocycles. The summed E-state index contributed by atoms with van der Waals surface area (Å²) in [7, 11) is 0. The van der Waals surface area contributed by atoms with Crippen LogP contribution in [-0.2, 0) is 9.59 Å². The smallest absolute Gasteiger partial charge is 0.268 e. The highest BCUT2D eigenvalue weighted by Crippen LogP contribution is 2.34. The monoisotopic (exact) mass is 383 g/mol. The van der Waals surface area contributed by atoms with Gasteiger partial charge in [0.25, 0.3) is 5.91 Å². The number of anilines is 1. The van der Waals surface area contributed by atoms with Crippen LogP contribution in [0.1, 0.15) is 18.5 Å². The molecule has 2 aliphatic heterocycles. The second kappa shape index (κ2) is 7.59. The van der Waals surface area contributed by atoms with E-state index in [1.54, 1.807) is 30.0 Å². The Kier molecular flexibility index (Phi) is 5.00. The number of carbonyl (C=O) groups is 2. The van der Waals surface area contributed by atoms with Gasteiger partial charge in [-0.1, -0.05) is 24.3 Å². The van der Waals surface area contributed by atoms with Crippen molar-refractivity contribution in [3.05, 3.63) is 59.9 Å². The molecule has 6 nitrogen and oxygen atoms in total. The standard InChI is InChI=1S/C21H22FN3O3/c1-14-21(27)25(17-7-2-3-8-19(17)28-14)13-20(26)24-10-9-23-12-18(24)15-5-4-6-16(22)11-15/h2-8,11,14,18,23H,9-10,12-13H2,1H3. The number of hydrogen-bond donors (Lipinski definition) is 1. The Morgan fingerprint density at radius 2 is 2.07 bits per heavy atom. The molecule has 4 rings (SSSR count). The van der Waals surface area contributed by atoms with Crippen molar-refractivity contribution >= 4 is 17.5 Å². The fourth-order valence-corrected chi connectivity index (χ4v) is 3.76. The number of benzene rings is 2. The minimum absolute atomic E-state index is 0.0740. The summed E-state index contributed by atoms with van der Waals surface area (Å²) in [5, 5.41) is 3.26. The summed E-state index contributed by atoms with van der Waals surface area (Å²) in [5.74, 6) is -0.163. The van der Waals surface area contributed by atoms with E-state index < -0.39 is 6.10 Å². The largest absolute Gasteiger partial charge is 0.479 e. The number of carbonyl (C=O) groups excluding carboxylic acids is 2. The van der Waals surface area contributed by atoms with E-state index in [1.165, 1.54) is 17.0 Å². The van der Waals surface area contributed by atoms with E-state index in [9.17, 15) is 14.0 Å². The van der Waals surface area contributed by atoms with E-state index in [1.807, 2.05) is 18.2 Å². The van der Waals surface area contributed by atoms with Gasteiger partial charge in [0.05, 0.1) is 11.7 Å². The molecule has 2 amide bonds. The van der Waals surface area contributed by atoms with Crippen LogP contribution < -0.4 is 15.0 Å². The van der Waals surface area contributed by atoms with Crippen molar-refractivity contribution < 1.29 is 18.7 Å². The average molecular weight is 383 g/mol. The van der Waals surface area contributed by atoms with Crippen LogP contribution in [0.5, 0.6) is 5.75 Å². The minimum Gasteiger partial charge on any atom is -0.479 e. The maximum Gasteiger partial charge on any atom is 0.268 e. The number of halogens is 1. The molecule has 7 heteroatoms. The van der Waals surface area contributed by atoms with Gasteiger partial charge in [-0.2, -0.15) is 0 Å². The lowest BCUT2D eigenvalue weighted by Crippen LogP contribution is -2.54. The average Bonchev–Trinajstić information content (AvgIpc) is 2.71. The zero-order valence-corrected chi connectivity index (χ0v) is 15.6. The van der Waals surface area contributed by atoms with Crippen LogP contribution in [0.25, 0.3) is 0 Å². The first kappa shape index (κ1) is 18.4. The molecule has 2 heterocycles. The molecule has 1 N–H and O–H groups in total. The Hall–Kier alpha value is -2.93. The third-order valence-corrected chi connectivity index (χ3v) is 5.16. The number of ether oxygens (including phenoxy) is 1. The molecule has 1 saturated heterocycles. The Balaban J connectivity index is 1.59. The lowest BCUT2D eigenvalue weighted by Gasteiger charge is -2.39. The molecular formula is C21H22FN3O3. The van der Waals surface area contributed by atoms with Crippen LogP contribution in [-0.4, -0.2) is 49.0 Å². The molecule has 2 atom stereocenters. The molecule has 0 aliphatic carbocycles. The molecule has 0 radical (unpaired) electrons. The van der Waals surface area contributed by atoms with Gasteiger partial charge in [0, 0.05) is 19.6 Å². The molecular weight excluding hydrogens is 361 g/mol. The maximum absolute atomic E-state index is 13.7. The highest BCUT2D eigenvalue weighted by atomic mass is 19.1. The van der Waals surface area contributed by atoms with Gasteiger partial charge in [-0.25, -0.2) is 4.39 Å². The van der Waals surface area contributed by atoms with E-state index in [-0.39, 0.29) is 30.2 Å². The number of nitrogens with zero attached hydrogens (tertiary/aromatic N) is 2. The first-order chi connectivity index (χ1) is 13.5. The van der Waals surface area contributed by atoms with Gasteiger partial charge in [0.15, 0.2) is 6.10 Å². The minimum atomic E-state index is -0.648. The van der Waals surface area contributed by atoms with Crippen molar-refractivity contribution in [2.45, 2.75) is 19.1 Å². The van der Waals surface area contributed by atoms with E-state index in [4.69, 9.17) is 4.74 Å². The van der Waals surface area contributed by atoms with Gasteiger partial charge in [0.2, 0.25) is 5.91 Å². The summed E-state index contributed by atoms with van der Waals surface area (Å²) >= 11 is 0. The Morgan fingerprint density at radius 1 is 1.25 bits per heavy atom. The van der Waals surface area contributed by atoms with E-state index in [0.29, 0.717) is 31.1 Å². The van der Waals surface area contributed by atoms with Crippen LogP contribution in [0.4, 0.5) is 10.1 Å². The molecule has 0 spiro atoms. The topological polar surface area (TPSA) is 61.9 Å². The van der Waals surface area contributed by atoms with Crippen molar-refractivity contribution in [3.63, 3.8) is 0 Å². The first-order valence-electron chi connectivity index (χ1n) is 9.37. The van der Waals surface area contributed by atoms with E-state index in [2.05, 4.69) is 5.32 Å². The molecule has 146 valence electrons. The quantitative estimate of drug-likeness (QED) is 0.882. The van der Waals surface area contributed by atoms with Gasteiger partial charge in [-0.05, 0) is 36.8 Å². The Morgan fingerprint density at radius 3 is 2.89 bits per heavy atom. The van der Waals surface area contributed by atoms with E-state index >= 15 is 0 Å². The number of amides is 2. The third-order valence-electron chi connectivity index (χ3n) is 5.16. The second-order valence-corrected chi connectivity index (χ2v) is 7.01. The highest BCUT2D eigenvalue weighted by molar-refractivity contribution is 6.03. The van der Waals surface area contributed by atoms with Crippen molar-refractivity contribution in [2.24, 2.45) is 0 Å². The number of piperazine rings is 1. The summed E-state index contributed by atoms with van der Waals surface area (Å²) in [6, 6.07) is 13.2. The summed E-state index contributed by atoms with van der Waals surface area (Å²) in [6.45, 7) is 3.29. The van der Waals surface area contributed by atoms with Gasteiger partial charge in [0.1, 0.15) is 18.1 Å². The molecule has 1 fully saturated rings. The highest BCUT2D eigenvalue weighted by Gasteiger charge is 2.35. The summed E-state index contributed by atoms with van der Waals surface area (Å²) in [6.07, 6.45) is -0.648. The zero-order chi connectivity index (χ0) is 19.7. The third kappa shape index (κ3) is 3.45. The van der Waals surface area contributed by atoms with Crippen LogP contribution in [0.2, 0.25) is 0 Å². The zero-order valence-electron chi connectivity index (χ0n) is 15.6. The fourth-order valence-electron chi connectivity index (χ4n) is 3.76. The molecule has 28 heavy (non-hydrogen) atoms. The number of hydrogen-bond acceptors (Lipinski definition) is 4. The lowest BCUT2D eigenvalue weighted by atomic mass is 10.0. The van der Waals surface area contributed by atoms with Crippen LogP contribution in [0, 0.1) is 5.82 Å². The number of rotatable bonds is 3. The number of para-hydroxylation sites is 2. The number of fused-ring (bicyclic) bond motifs is 1. The molecule has 2 unspecified atom stereocenters. The van der Waals surface area contributed by atoms with Crippen LogP contribution >= 0.6 is 0 Å². The normalized spacial score (nSPS) is 21.9. The van der Waals surface area contributed by atoms with E-state index in [0.717, 1.165) is 5.56 Å². The van der Waals surface area contributed by atoms with Gasteiger partial charge >= 0.3 is 0 Å². The summed E-state index contributed by atoms with van der Waals surface area (Å²) < 4.78 is 19.3. The molecule has 2 aromatic carbocycles. The fraction of sp³-hybridized carbons (Fsp3) is 0.333. The molecule has 2 aliphatic rings. The summed E-state index contributed by atoms with van der Waals surface area (Å²) in [5.41, 5.74) is 1.33. The maximum atomic E-state index is 13.7. The predicted molar refractivity (Wildman–Crippen MR) is 103 cm³/mol. The van der Waals surface area contributed by atoms with Crippen molar-refractivity contribution in [3.8, 4) is 5.75 Å². The molecule has 0 bridgehead atoms. The van der Waals surface area contributed by atoms with Crippen molar-refractivity contribution in [2.75, 3.05) is 31.1 Å². The number of nitrogens with one attached hydrogen (secondary N) is 1. The van der Waals surface area contributed by atoms with Crippen molar-refractivity contribution in [1.82, 2.24) is 10.2 Å². The Labute approximate surface area is 162 Å².